The normalized spacial score (nSPS) is 22.4. The molecular weight excluding hydrogens is 182 g/mol. The molecule has 0 bridgehead atoms. The summed E-state index contributed by atoms with van der Waals surface area (Å²) in [5.74, 6) is -0.240. The molecule has 4 heteroatoms. The lowest BCUT2D eigenvalue weighted by Crippen LogP contribution is -2.49. The lowest BCUT2D eigenvalue weighted by molar-refractivity contribution is -0.147. The second-order valence-corrected chi connectivity index (χ2v) is 4.13. The van der Waals surface area contributed by atoms with Gasteiger partial charge in [-0.1, -0.05) is 0 Å². The first-order valence-electron chi connectivity index (χ1n) is 5.01. The van der Waals surface area contributed by atoms with Crippen LogP contribution in [0.3, 0.4) is 0 Å². The van der Waals surface area contributed by atoms with Crippen molar-refractivity contribution in [2.75, 3.05) is 20.3 Å². The third kappa shape index (κ3) is 2.96. The molecule has 0 unspecified atom stereocenters. The molecule has 0 aromatic carbocycles. The second-order valence-electron chi connectivity index (χ2n) is 4.13. The van der Waals surface area contributed by atoms with Gasteiger partial charge in [0.2, 0.25) is 0 Å². The second kappa shape index (κ2) is 4.75. The van der Waals surface area contributed by atoms with Crippen molar-refractivity contribution in [3.8, 4) is 0 Å². The third-order valence-corrected chi connectivity index (χ3v) is 2.49. The van der Waals surface area contributed by atoms with Crippen LogP contribution in [0.1, 0.15) is 26.7 Å². The Bertz CT molecular complexity index is 198. The Hall–Kier alpha value is -0.610. The van der Waals surface area contributed by atoms with E-state index in [-0.39, 0.29) is 12.1 Å². The van der Waals surface area contributed by atoms with Crippen LogP contribution >= 0.6 is 0 Å². The zero-order valence-corrected chi connectivity index (χ0v) is 9.13. The van der Waals surface area contributed by atoms with E-state index < -0.39 is 5.54 Å². The Morgan fingerprint density at radius 2 is 2.36 bits per heavy atom. The van der Waals surface area contributed by atoms with Crippen molar-refractivity contribution < 1.29 is 14.3 Å². The standard InChI is InChI=1S/C10H19NO3/c1-10(2,9(12)13-3)11-7-8-5-4-6-14-8/h8,11H,4-7H2,1-3H3/t8-/m1/s1. The van der Waals surface area contributed by atoms with Crippen molar-refractivity contribution in [2.45, 2.75) is 38.3 Å². The quantitative estimate of drug-likeness (QED) is 0.680. The van der Waals surface area contributed by atoms with E-state index in [9.17, 15) is 4.79 Å². The highest BCUT2D eigenvalue weighted by molar-refractivity contribution is 5.79. The molecule has 1 rings (SSSR count). The Balaban J connectivity index is 2.31. The van der Waals surface area contributed by atoms with Gasteiger partial charge in [0.25, 0.3) is 0 Å². The first-order chi connectivity index (χ1) is 6.56. The maximum Gasteiger partial charge on any atom is 0.325 e. The van der Waals surface area contributed by atoms with Gasteiger partial charge in [-0.3, -0.25) is 10.1 Å². The lowest BCUT2D eigenvalue weighted by atomic mass is 10.1. The van der Waals surface area contributed by atoms with Gasteiger partial charge in [0.1, 0.15) is 5.54 Å². The van der Waals surface area contributed by atoms with Crippen LogP contribution in [0.2, 0.25) is 0 Å². The summed E-state index contributed by atoms with van der Waals surface area (Å²) in [5.41, 5.74) is -0.624. The van der Waals surface area contributed by atoms with Crippen LogP contribution in [0.15, 0.2) is 0 Å². The summed E-state index contributed by atoms with van der Waals surface area (Å²) in [6.45, 7) is 5.18. The third-order valence-electron chi connectivity index (χ3n) is 2.49. The molecule has 4 nitrogen and oxygen atoms in total. The fourth-order valence-corrected chi connectivity index (χ4v) is 1.50. The van der Waals surface area contributed by atoms with Gasteiger partial charge in [-0.15, -0.1) is 0 Å². The van der Waals surface area contributed by atoms with E-state index in [2.05, 4.69) is 10.1 Å². The number of methoxy groups -OCH3 is 1. The minimum absolute atomic E-state index is 0.240. The number of rotatable bonds is 4. The number of nitrogens with one attached hydrogen (secondary N) is 1. The smallest absolute Gasteiger partial charge is 0.325 e. The maximum absolute atomic E-state index is 11.3. The number of carbonyl (C=O) groups is 1. The van der Waals surface area contributed by atoms with E-state index in [0.29, 0.717) is 6.54 Å². The molecule has 0 aliphatic carbocycles. The van der Waals surface area contributed by atoms with Gasteiger partial charge in [-0.2, -0.15) is 0 Å². The van der Waals surface area contributed by atoms with Crippen LogP contribution in [0.5, 0.6) is 0 Å². The topological polar surface area (TPSA) is 47.6 Å². The Labute approximate surface area is 85.0 Å². The molecule has 1 fully saturated rings. The number of hydrogen-bond acceptors (Lipinski definition) is 4. The molecule has 14 heavy (non-hydrogen) atoms. The van der Waals surface area contributed by atoms with Crippen LogP contribution in [-0.2, 0) is 14.3 Å². The fourth-order valence-electron chi connectivity index (χ4n) is 1.50. The predicted octanol–water partition coefficient (Wildman–Crippen LogP) is 0.707. The highest BCUT2D eigenvalue weighted by Gasteiger charge is 2.29. The molecule has 0 saturated carbocycles. The first kappa shape index (κ1) is 11.5. The van der Waals surface area contributed by atoms with Crippen molar-refractivity contribution in [1.29, 1.82) is 0 Å². The van der Waals surface area contributed by atoms with Gasteiger partial charge in [0, 0.05) is 13.2 Å². The predicted molar refractivity (Wildman–Crippen MR) is 53.1 cm³/mol. The number of hydrogen-bond donors (Lipinski definition) is 1. The molecule has 0 amide bonds. The van der Waals surface area contributed by atoms with E-state index >= 15 is 0 Å². The Morgan fingerprint density at radius 1 is 1.64 bits per heavy atom. The van der Waals surface area contributed by atoms with Crippen molar-refractivity contribution in [3.05, 3.63) is 0 Å². The molecular formula is C10H19NO3. The average molecular weight is 201 g/mol. The summed E-state index contributed by atoms with van der Waals surface area (Å²) in [4.78, 5) is 11.3. The maximum atomic E-state index is 11.3. The average Bonchev–Trinajstić information content (AvgIpc) is 2.66. The molecule has 1 atom stereocenters. The number of carbonyl (C=O) groups excluding carboxylic acids is 1. The van der Waals surface area contributed by atoms with E-state index in [0.717, 1.165) is 19.4 Å². The Morgan fingerprint density at radius 3 is 2.86 bits per heavy atom. The summed E-state index contributed by atoms with van der Waals surface area (Å²) in [5, 5.41) is 3.15. The molecule has 0 aromatic heterocycles. The van der Waals surface area contributed by atoms with E-state index in [1.807, 2.05) is 13.8 Å². The zero-order valence-electron chi connectivity index (χ0n) is 9.13. The van der Waals surface area contributed by atoms with E-state index in [4.69, 9.17) is 4.74 Å². The zero-order chi connectivity index (χ0) is 10.6. The minimum atomic E-state index is -0.624. The van der Waals surface area contributed by atoms with E-state index in [1.54, 1.807) is 0 Å². The molecule has 1 aliphatic rings. The Kier molecular flexibility index (Phi) is 3.89. The van der Waals surface area contributed by atoms with Crippen molar-refractivity contribution in [2.24, 2.45) is 0 Å². The highest BCUT2D eigenvalue weighted by Crippen LogP contribution is 2.12. The van der Waals surface area contributed by atoms with Gasteiger partial charge in [0.15, 0.2) is 0 Å². The monoisotopic (exact) mass is 201 g/mol. The van der Waals surface area contributed by atoms with Crippen LogP contribution in [0.25, 0.3) is 0 Å². The molecule has 1 N–H and O–H groups in total. The molecule has 1 saturated heterocycles. The van der Waals surface area contributed by atoms with Gasteiger partial charge in [-0.25, -0.2) is 0 Å². The summed E-state index contributed by atoms with van der Waals surface area (Å²) < 4.78 is 10.1. The summed E-state index contributed by atoms with van der Waals surface area (Å²) in [6.07, 6.45) is 2.44. The molecule has 1 aliphatic heterocycles. The summed E-state index contributed by atoms with van der Waals surface area (Å²) >= 11 is 0. The first-order valence-corrected chi connectivity index (χ1v) is 5.01. The lowest BCUT2D eigenvalue weighted by Gasteiger charge is -2.24. The van der Waals surface area contributed by atoms with Gasteiger partial charge >= 0.3 is 5.97 Å². The highest BCUT2D eigenvalue weighted by atomic mass is 16.5. The summed E-state index contributed by atoms with van der Waals surface area (Å²) in [7, 11) is 1.40. The molecule has 1 heterocycles. The number of ether oxygens (including phenoxy) is 2. The molecule has 82 valence electrons. The van der Waals surface area contributed by atoms with Crippen molar-refractivity contribution >= 4 is 5.97 Å². The van der Waals surface area contributed by atoms with Crippen LogP contribution in [0, 0.1) is 0 Å². The molecule has 0 aromatic rings. The summed E-state index contributed by atoms with van der Waals surface area (Å²) in [6, 6.07) is 0. The van der Waals surface area contributed by atoms with Gasteiger partial charge < -0.3 is 9.47 Å². The van der Waals surface area contributed by atoms with Gasteiger partial charge in [0.05, 0.1) is 13.2 Å². The van der Waals surface area contributed by atoms with Crippen molar-refractivity contribution in [1.82, 2.24) is 5.32 Å². The largest absolute Gasteiger partial charge is 0.468 e. The van der Waals surface area contributed by atoms with Crippen LogP contribution in [-0.4, -0.2) is 37.9 Å². The molecule has 0 radical (unpaired) electrons. The van der Waals surface area contributed by atoms with Crippen LogP contribution in [0.4, 0.5) is 0 Å². The minimum Gasteiger partial charge on any atom is -0.468 e. The molecule has 0 spiro atoms. The fraction of sp³-hybridized carbons (Fsp3) is 0.900. The van der Waals surface area contributed by atoms with E-state index in [1.165, 1.54) is 7.11 Å². The van der Waals surface area contributed by atoms with Crippen molar-refractivity contribution in [3.63, 3.8) is 0 Å². The number of esters is 1. The SMILES string of the molecule is COC(=O)C(C)(C)NC[C@H]1CCCO1. The van der Waals surface area contributed by atoms with Gasteiger partial charge in [-0.05, 0) is 26.7 Å². The van der Waals surface area contributed by atoms with Crippen LogP contribution < -0.4 is 5.32 Å².